The highest BCUT2D eigenvalue weighted by molar-refractivity contribution is 5.58. The molecule has 8 nitrogen and oxygen atoms in total. The van der Waals surface area contributed by atoms with E-state index in [1.807, 2.05) is 12.1 Å². The van der Waals surface area contributed by atoms with Gasteiger partial charge >= 0.3 is 11.9 Å². The number of likely N-dealkylation sites (tertiary alicyclic amines) is 1. The lowest BCUT2D eigenvalue weighted by Crippen LogP contribution is -2.62. The minimum Gasteiger partial charge on any atom is -0.393 e. The van der Waals surface area contributed by atoms with Gasteiger partial charge < -0.3 is 5.11 Å². The second-order valence-corrected chi connectivity index (χ2v) is 14.5. The molecule has 1 N–H and O–H groups in total. The van der Waals surface area contributed by atoms with Crippen molar-refractivity contribution in [3.63, 3.8) is 0 Å². The maximum absolute atomic E-state index is 14.4. The molecule has 2 atom stereocenters. The van der Waals surface area contributed by atoms with Crippen LogP contribution in [0.15, 0.2) is 47.5 Å². The van der Waals surface area contributed by atoms with Gasteiger partial charge in [0.15, 0.2) is 0 Å². The fourth-order valence-corrected chi connectivity index (χ4v) is 8.84. The number of nitrogens with zero attached hydrogens (tertiary/aromatic N) is 6. The zero-order valence-corrected chi connectivity index (χ0v) is 27.1. The van der Waals surface area contributed by atoms with Gasteiger partial charge in [-0.3, -0.25) is 18.8 Å². The van der Waals surface area contributed by atoms with Gasteiger partial charge in [0.1, 0.15) is 0 Å². The summed E-state index contributed by atoms with van der Waals surface area (Å²) in [6.07, 6.45) is 7.26. The number of pyridine rings is 1. The minimum absolute atomic E-state index is 0.0472. The van der Waals surface area contributed by atoms with Crippen LogP contribution in [0.5, 0.6) is 0 Å². The molecule has 0 bridgehead atoms. The smallest absolute Gasteiger partial charge is 0.393 e. The number of halogens is 3. The molecule has 3 saturated heterocycles. The van der Waals surface area contributed by atoms with Crippen LogP contribution < -0.4 is 5.69 Å². The molecule has 250 valence electrons. The van der Waals surface area contributed by atoms with Crippen LogP contribution in [0.1, 0.15) is 81.4 Å². The van der Waals surface area contributed by atoms with Crippen molar-refractivity contribution in [1.29, 1.82) is 0 Å². The highest BCUT2D eigenvalue weighted by atomic mass is 19.4. The van der Waals surface area contributed by atoms with E-state index in [4.69, 9.17) is 0 Å². The van der Waals surface area contributed by atoms with Crippen LogP contribution in [-0.4, -0.2) is 86.1 Å². The van der Waals surface area contributed by atoms with E-state index in [1.54, 1.807) is 12.3 Å². The lowest BCUT2D eigenvalue weighted by atomic mass is 9.60. The number of piperidine rings is 1. The summed E-state index contributed by atoms with van der Waals surface area (Å²) in [6.45, 7) is 7.01. The van der Waals surface area contributed by atoms with Crippen LogP contribution >= 0.6 is 0 Å². The SMILES string of the molecule is C[C@H]1CCCN(Cc2cc(C(F)(F)F)c3cn(-c4cccc(C5(C6N(C)CN7CCCCCCCN67)CC(O)C5)c4)c(=O)n3c2)C1. The first kappa shape index (κ1) is 31.9. The van der Waals surface area contributed by atoms with E-state index in [0.29, 0.717) is 36.6 Å². The van der Waals surface area contributed by atoms with E-state index < -0.39 is 23.5 Å². The Kier molecular flexibility index (Phi) is 8.59. The van der Waals surface area contributed by atoms with Crippen molar-refractivity contribution in [2.24, 2.45) is 5.92 Å². The fraction of sp³-hybridized carbons (Fsp3) is 0.629. The zero-order chi connectivity index (χ0) is 32.2. The number of aromatic nitrogens is 2. The molecular weight excluding hydrogens is 593 g/mol. The molecule has 3 aromatic rings. The number of hydrogen-bond acceptors (Lipinski definition) is 6. The second kappa shape index (κ2) is 12.4. The van der Waals surface area contributed by atoms with Crippen molar-refractivity contribution in [3.05, 3.63) is 69.9 Å². The third-order valence-corrected chi connectivity index (χ3v) is 10.9. The van der Waals surface area contributed by atoms with Crippen molar-refractivity contribution in [3.8, 4) is 5.69 Å². The largest absolute Gasteiger partial charge is 0.418 e. The van der Waals surface area contributed by atoms with Crippen molar-refractivity contribution < 1.29 is 18.3 Å². The Morgan fingerprint density at radius 1 is 0.978 bits per heavy atom. The van der Waals surface area contributed by atoms with Crippen LogP contribution in [-0.2, 0) is 18.1 Å². The van der Waals surface area contributed by atoms with Gasteiger partial charge in [0, 0.05) is 44.0 Å². The van der Waals surface area contributed by atoms with Crippen LogP contribution in [0.2, 0.25) is 0 Å². The topological polar surface area (TPSA) is 59.6 Å². The van der Waals surface area contributed by atoms with Gasteiger partial charge in [-0.1, -0.05) is 38.3 Å². The van der Waals surface area contributed by atoms with Crippen molar-refractivity contribution in [2.45, 2.75) is 95.1 Å². The van der Waals surface area contributed by atoms with Gasteiger partial charge in [-0.05, 0) is 87.4 Å². The molecule has 3 aliphatic heterocycles. The first-order chi connectivity index (χ1) is 22.0. The maximum Gasteiger partial charge on any atom is 0.418 e. The molecule has 5 heterocycles. The lowest BCUT2D eigenvalue weighted by molar-refractivity contribution is -0.136. The molecule has 46 heavy (non-hydrogen) atoms. The van der Waals surface area contributed by atoms with E-state index in [2.05, 4.69) is 39.9 Å². The highest BCUT2D eigenvalue weighted by Crippen LogP contribution is 2.51. The Balaban J connectivity index is 1.27. The summed E-state index contributed by atoms with van der Waals surface area (Å²) in [5.74, 6) is 0.496. The molecule has 0 radical (unpaired) electrons. The van der Waals surface area contributed by atoms with Gasteiger partial charge in [-0.15, -0.1) is 0 Å². The van der Waals surface area contributed by atoms with Crippen LogP contribution in [0, 0.1) is 5.92 Å². The lowest BCUT2D eigenvalue weighted by Gasteiger charge is -2.54. The van der Waals surface area contributed by atoms with Gasteiger partial charge in [-0.2, -0.15) is 13.2 Å². The zero-order valence-electron chi connectivity index (χ0n) is 27.1. The number of aliphatic hydroxyl groups excluding tert-OH is 1. The average molecular weight is 641 g/mol. The molecule has 0 spiro atoms. The molecular formula is C35H47F3N6O2. The summed E-state index contributed by atoms with van der Waals surface area (Å²) in [7, 11) is 2.14. The van der Waals surface area contributed by atoms with Crippen LogP contribution in [0.25, 0.3) is 11.2 Å². The molecule has 11 heteroatoms. The molecule has 1 saturated carbocycles. The third kappa shape index (κ3) is 5.83. The molecule has 0 amide bonds. The number of hydrogen-bond donors (Lipinski definition) is 1. The first-order valence-electron chi connectivity index (χ1n) is 17.1. The second-order valence-electron chi connectivity index (χ2n) is 14.5. The summed E-state index contributed by atoms with van der Waals surface area (Å²) >= 11 is 0. The summed E-state index contributed by atoms with van der Waals surface area (Å²) in [5, 5.41) is 15.7. The highest BCUT2D eigenvalue weighted by Gasteiger charge is 2.57. The predicted octanol–water partition coefficient (Wildman–Crippen LogP) is 5.45. The number of rotatable bonds is 5. The van der Waals surface area contributed by atoms with Crippen LogP contribution in [0.3, 0.4) is 0 Å². The number of alkyl halides is 3. The number of fused-ring (bicyclic) bond motifs is 2. The van der Waals surface area contributed by atoms with E-state index >= 15 is 0 Å². The average Bonchev–Trinajstić information content (AvgIpc) is 3.52. The summed E-state index contributed by atoms with van der Waals surface area (Å²) in [5.41, 5.74) is 0.212. The number of likely N-dealkylation sites (N-methyl/N-ethyl adjacent to an activating group) is 1. The Labute approximate surface area is 269 Å². The monoisotopic (exact) mass is 640 g/mol. The van der Waals surface area contributed by atoms with Crippen LogP contribution in [0.4, 0.5) is 13.2 Å². The quantitative estimate of drug-likeness (QED) is 0.401. The Morgan fingerprint density at radius 3 is 2.48 bits per heavy atom. The first-order valence-corrected chi connectivity index (χ1v) is 17.1. The molecule has 1 aromatic carbocycles. The predicted molar refractivity (Wildman–Crippen MR) is 172 cm³/mol. The van der Waals surface area contributed by atoms with Gasteiger partial charge in [0.25, 0.3) is 0 Å². The van der Waals surface area contributed by atoms with Crippen molar-refractivity contribution in [2.75, 3.05) is 39.9 Å². The molecule has 4 fully saturated rings. The van der Waals surface area contributed by atoms with E-state index in [1.165, 1.54) is 40.5 Å². The number of hydrazine groups is 1. The molecule has 1 unspecified atom stereocenters. The Hall–Kier alpha value is -2.70. The number of aliphatic hydroxyl groups is 1. The Morgan fingerprint density at radius 2 is 1.74 bits per heavy atom. The fourth-order valence-electron chi connectivity index (χ4n) is 8.84. The maximum atomic E-state index is 14.4. The van der Waals surface area contributed by atoms with Crippen molar-refractivity contribution >= 4 is 5.52 Å². The van der Waals surface area contributed by atoms with E-state index in [-0.39, 0.29) is 17.1 Å². The molecule has 7 rings (SSSR count). The number of imidazole rings is 1. The molecule has 1 aliphatic carbocycles. The normalized spacial score (nSPS) is 29.3. The molecule has 4 aliphatic rings. The van der Waals surface area contributed by atoms with Crippen molar-refractivity contribution in [1.82, 2.24) is 28.8 Å². The Bertz CT molecular complexity index is 1610. The third-order valence-electron chi connectivity index (χ3n) is 10.9. The standard InChI is InChI=1S/C35H47F3N6O2/c1-25-10-9-13-40(20-25)21-26-16-30(35(36,37)38)31-23-42(33(46)43(31)22-26)28-12-8-11-27(17-28)34(18-29(45)19-34)32-39(2)24-41-14-6-4-3-5-7-15-44(32)41/h8,11-12,16-17,22-23,25,29,32,45H,3-7,9-10,13-15,18-21,24H2,1-2H3/t25-,29?,32?,34?/m0/s1. The summed E-state index contributed by atoms with van der Waals surface area (Å²) < 4.78 is 45.9. The number of benzene rings is 1. The van der Waals surface area contributed by atoms with Gasteiger partial charge in [-0.25, -0.2) is 14.8 Å². The minimum atomic E-state index is -4.60. The van der Waals surface area contributed by atoms with Gasteiger partial charge in [0.2, 0.25) is 0 Å². The summed E-state index contributed by atoms with van der Waals surface area (Å²) in [6, 6.07) is 8.92. The summed E-state index contributed by atoms with van der Waals surface area (Å²) in [4.78, 5) is 18.4. The van der Waals surface area contributed by atoms with E-state index in [9.17, 15) is 23.1 Å². The molecule has 2 aromatic heterocycles. The van der Waals surface area contributed by atoms with E-state index in [0.717, 1.165) is 64.1 Å². The van der Waals surface area contributed by atoms with Gasteiger partial charge in [0.05, 0.1) is 35.7 Å².